The Bertz CT molecular complexity index is 1510. The average Bonchev–Trinajstić information content (AvgIpc) is 2.93. The Morgan fingerprint density at radius 2 is 1.45 bits per heavy atom. The van der Waals surface area contributed by atoms with Crippen LogP contribution in [0, 0.1) is 5.82 Å². The quantitative estimate of drug-likeness (QED) is 0.289. The Morgan fingerprint density at radius 1 is 0.789 bits per heavy atom. The number of pyridine rings is 1. The molecule has 0 fully saturated rings. The van der Waals surface area contributed by atoms with Crippen LogP contribution in [0.15, 0.2) is 60.8 Å². The molecule has 0 saturated carbocycles. The molecule has 38 heavy (non-hydrogen) atoms. The summed E-state index contributed by atoms with van der Waals surface area (Å²) in [7, 11) is 6.02. The van der Waals surface area contributed by atoms with Gasteiger partial charge in [0.05, 0.1) is 34.0 Å². The van der Waals surface area contributed by atoms with Gasteiger partial charge in [-0.1, -0.05) is 0 Å². The molecular weight excluding hydrogens is 513 g/mol. The molecule has 0 aliphatic carbocycles. The van der Waals surface area contributed by atoms with E-state index in [9.17, 15) is 9.18 Å². The van der Waals surface area contributed by atoms with Gasteiger partial charge in [0.1, 0.15) is 5.75 Å². The Balaban J connectivity index is 1.47. The van der Waals surface area contributed by atoms with Crippen LogP contribution in [0.1, 0.15) is 10.4 Å². The van der Waals surface area contributed by atoms with Crippen molar-refractivity contribution in [2.24, 2.45) is 0 Å². The molecule has 11 heteroatoms. The minimum Gasteiger partial charge on any atom is -0.493 e. The Labute approximate surface area is 223 Å². The third-order valence-electron chi connectivity index (χ3n) is 5.49. The molecule has 2 N–H and O–H groups in total. The predicted molar refractivity (Wildman–Crippen MR) is 145 cm³/mol. The molecular formula is C27H24FN3O6S. The highest BCUT2D eigenvalue weighted by Crippen LogP contribution is 2.37. The summed E-state index contributed by atoms with van der Waals surface area (Å²) < 4.78 is 41.9. The number of carbonyl (C=O) groups is 1. The van der Waals surface area contributed by atoms with Crippen LogP contribution in [0.3, 0.4) is 0 Å². The maximum Gasteiger partial charge on any atom is 0.257 e. The van der Waals surface area contributed by atoms with Crippen molar-refractivity contribution >= 4 is 39.8 Å². The highest BCUT2D eigenvalue weighted by Gasteiger charge is 2.15. The molecule has 0 spiro atoms. The number of methoxy groups -OCH3 is 4. The van der Waals surface area contributed by atoms with Gasteiger partial charge in [-0.2, -0.15) is 0 Å². The molecule has 4 aromatic rings. The number of nitrogens with one attached hydrogen (secondary N) is 2. The van der Waals surface area contributed by atoms with Crippen LogP contribution < -0.4 is 34.3 Å². The van der Waals surface area contributed by atoms with E-state index < -0.39 is 11.7 Å². The lowest BCUT2D eigenvalue weighted by Crippen LogP contribution is -2.34. The van der Waals surface area contributed by atoms with Gasteiger partial charge in [0.25, 0.3) is 5.91 Å². The normalized spacial score (nSPS) is 10.4. The van der Waals surface area contributed by atoms with Gasteiger partial charge in [0.15, 0.2) is 39.7 Å². The van der Waals surface area contributed by atoms with E-state index in [0.29, 0.717) is 50.9 Å². The number of aromatic nitrogens is 1. The summed E-state index contributed by atoms with van der Waals surface area (Å²) in [5.41, 5.74) is 1.22. The third-order valence-corrected chi connectivity index (χ3v) is 5.69. The van der Waals surface area contributed by atoms with Crippen LogP contribution >= 0.6 is 12.2 Å². The molecule has 0 saturated heterocycles. The smallest absolute Gasteiger partial charge is 0.257 e. The zero-order chi connectivity index (χ0) is 27.2. The molecule has 3 aromatic carbocycles. The van der Waals surface area contributed by atoms with Gasteiger partial charge in [0, 0.05) is 35.0 Å². The molecule has 0 atom stereocenters. The van der Waals surface area contributed by atoms with Crippen molar-refractivity contribution in [1.82, 2.24) is 10.3 Å². The van der Waals surface area contributed by atoms with Gasteiger partial charge >= 0.3 is 0 Å². The first-order valence-corrected chi connectivity index (χ1v) is 11.6. The maximum atomic E-state index is 15.0. The number of fused-ring (bicyclic) bond motifs is 1. The van der Waals surface area contributed by atoms with Crippen molar-refractivity contribution in [1.29, 1.82) is 0 Å². The van der Waals surface area contributed by atoms with Crippen molar-refractivity contribution in [2.45, 2.75) is 0 Å². The van der Waals surface area contributed by atoms with E-state index >= 15 is 0 Å². The van der Waals surface area contributed by atoms with Crippen molar-refractivity contribution in [3.63, 3.8) is 0 Å². The number of ether oxygens (including phenoxy) is 5. The lowest BCUT2D eigenvalue weighted by molar-refractivity contribution is 0.0977. The van der Waals surface area contributed by atoms with Gasteiger partial charge in [-0.05, 0) is 54.7 Å². The van der Waals surface area contributed by atoms with Crippen molar-refractivity contribution < 1.29 is 32.9 Å². The molecule has 4 rings (SSSR count). The highest BCUT2D eigenvalue weighted by molar-refractivity contribution is 7.80. The zero-order valence-corrected chi connectivity index (χ0v) is 21.8. The molecule has 9 nitrogen and oxygen atoms in total. The molecule has 0 unspecified atom stereocenters. The van der Waals surface area contributed by atoms with Crippen LogP contribution in [0.4, 0.5) is 10.1 Å². The first kappa shape index (κ1) is 26.4. The SMILES string of the molecule is COc1ccc(C(=O)NC(=S)Nc2ccc(Oc3ccnc4cc(OC)c(OC)cc34)c(F)c2)cc1OC. The van der Waals surface area contributed by atoms with Gasteiger partial charge in [-0.15, -0.1) is 0 Å². The summed E-state index contributed by atoms with van der Waals surface area (Å²) in [5, 5.41) is 5.94. The number of amides is 1. The van der Waals surface area contributed by atoms with Crippen molar-refractivity contribution in [3.8, 4) is 34.5 Å². The van der Waals surface area contributed by atoms with Crippen LogP contribution in [0.25, 0.3) is 10.9 Å². The fourth-order valence-electron chi connectivity index (χ4n) is 3.63. The highest BCUT2D eigenvalue weighted by atomic mass is 32.1. The molecule has 1 amide bonds. The number of hydrogen-bond acceptors (Lipinski definition) is 8. The molecule has 0 bridgehead atoms. The second kappa shape index (κ2) is 11.6. The van der Waals surface area contributed by atoms with E-state index in [1.54, 1.807) is 42.6 Å². The lowest BCUT2D eigenvalue weighted by Gasteiger charge is -2.14. The standard InChI is InChI=1S/C27H24FN3O6S/c1-33-22-7-5-15(11-23(22)34-2)26(32)31-27(38)30-16-6-8-21(18(28)12-16)37-20-9-10-29-19-14-25(36-4)24(35-3)13-17(19)20/h5-14H,1-4H3,(H2,30,31,32,38). The van der Waals surface area contributed by atoms with Crippen LogP contribution in [-0.2, 0) is 0 Å². The monoisotopic (exact) mass is 537 g/mol. The fourth-order valence-corrected chi connectivity index (χ4v) is 3.84. The van der Waals surface area contributed by atoms with Crippen LogP contribution in [-0.4, -0.2) is 44.4 Å². The maximum absolute atomic E-state index is 15.0. The van der Waals surface area contributed by atoms with E-state index in [2.05, 4.69) is 15.6 Å². The minimum atomic E-state index is -0.644. The summed E-state index contributed by atoms with van der Waals surface area (Å²) in [6.07, 6.45) is 1.55. The number of carbonyl (C=O) groups excluding carboxylic acids is 1. The van der Waals surface area contributed by atoms with E-state index in [1.807, 2.05) is 0 Å². The van der Waals surface area contributed by atoms with Crippen molar-refractivity contribution in [3.05, 3.63) is 72.2 Å². The third kappa shape index (κ3) is 5.68. The number of nitrogens with zero attached hydrogens (tertiary/aromatic N) is 1. The number of benzene rings is 3. The summed E-state index contributed by atoms with van der Waals surface area (Å²) in [5.74, 6) is 1.14. The number of hydrogen-bond donors (Lipinski definition) is 2. The fraction of sp³-hybridized carbons (Fsp3) is 0.148. The van der Waals surface area contributed by atoms with E-state index in [-0.39, 0.29) is 10.9 Å². The summed E-state index contributed by atoms with van der Waals surface area (Å²) in [6.45, 7) is 0. The topological polar surface area (TPSA) is 100 Å². The van der Waals surface area contributed by atoms with Gasteiger partial charge in [0.2, 0.25) is 0 Å². The Morgan fingerprint density at radius 3 is 2.13 bits per heavy atom. The van der Waals surface area contributed by atoms with E-state index in [1.165, 1.54) is 46.6 Å². The number of halogens is 1. The lowest BCUT2D eigenvalue weighted by atomic mass is 10.2. The Kier molecular flexibility index (Phi) is 8.07. The van der Waals surface area contributed by atoms with E-state index in [0.717, 1.165) is 0 Å². The molecule has 196 valence electrons. The second-order valence-corrected chi connectivity index (χ2v) is 8.17. The molecule has 0 aliphatic rings. The summed E-state index contributed by atoms with van der Waals surface area (Å²) in [4.78, 5) is 16.9. The zero-order valence-electron chi connectivity index (χ0n) is 21.0. The first-order chi connectivity index (χ1) is 18.4. The van der Waals surface area contributed by atoms with Gasteiger partial charge in [-0.25, -0.2) is 4.39 Å². The number of anilines is 1. The summed E-state index contributed by atoms with van der Waals surface area (Å²) in [6, 6.07) is 14.0. The summed E-state index contributed by atoms with van der Waals surface area (Å²) >= 11 is 5.22. The second-order valence-electron chi connectivity index (χ2n) is 7.76. The first-order valence-electron chi connectivity index (χ1n) is 11.2. The number of thiocarbonyl (C=S) groups is 1. The Hall–Kier alpha value is -4.64. The van der Waals surface area contributed by atoms with Crippen LogP contribution in [0.2, 0.25) is 0 Å². The van der Waals surface area contributed by atoms with E-state index in [4.69, 9.17) is 35.9 Å². The molecule has 0 aliphatic heterocycles. The van der Waals surface area contributed by atoms with Crippen molar-refractivity contribution in [2.75, 3.05) is 33.8 Å². The number of rotatable bonds is 8. The molecule has 0 radical (unpaired) electrons. The predicted octanol–water partition coefficient (Wildman–Crippen LogP) is 5.33. The largest absolute Gasteiger partial charge is 0.493 e. The molecule has 1 heterocycles. The average molecular weight is 538 g/mol. The molecule has 1 aromatic heterocycles. The van der Waals surface area contributed by atoms with Crippen LogP contribution in [0.5, 0.6) is 34.5 Å². The van der Waals surface area contributed by atoms with Gasteiger partial charge < -0.3 is 29.0 Å². The minimum absolute atomic E-state index is 0.0148. The van der Waals surface area contributed by atoms with Gasteiger partial charge in [-0.3, -0.25) is 15.1 Å².